The number of benzene rings is 2. The number of aryl methyl sites for hydroxylation is 1. The smallest absolute Gasteiger partial charge is 0.266 e. The van der Waals surface area contributed by atoms with E-state index in [1.54, 1.807) is 48.0 Å². The van der Waals surface area contributed by atoms with Gasteiger partial charge in [0.05, 0.1) is 7.11 Å². The number of hydrogen-bond acceptors (Lipinski definition) is 6. The monoisotopic (exact) mass is 426 g/mol. The number of Topliss-reactive ketones (excluding diaryl/α,β-unsaturated/α-hetero) is 1. The van der Waals surface area contributed by atoms with Crippen LogP contribution in [0.3, 0.4) is 0 Å². The van der Waals surface area contributed by atoms with Crippen molar-refractivity contribution < 1.29 is 19.1 Å². The van der Waals surface area contributed by atoms with E-state index in [1.165, 1.54) is 0 Å². The number of carbonyl (C=O) groups excluding carboxylic acids is 2. The first kappa shape index (κ1) is 21.9. The minimum absolute atomic E-state index is 0.0791. The van der Waals surface area contributed by atoms with E-state index in [0.29, 0.717) is 40.9 Å². The van der Waals surface area contributed by atoms with E-state index in [-0.39, 0.29) is 18.3 Å². The van der Waals surface area contributed by atoms with Crippen molar-refractivity contribution in [2.75, 3.05) is 26.0 Å². The summed E-state index contributed by atoms with van der Waals surface area (Å²) in [6.07, 6.45) is 1.35. The standard InChI is InChI=1S/C23H26N2O4S/c1-4-20(26)17-7-9-18(10-8-17)29-15-22(27)25-12-5-13-30-23(25)24-19-14-16(2)6-11-21(19)28-3/h6-11,14H,4-5,12-13,15H2,1-3H3. The predicted octanol–water partition coefficient (Wildman–Crippen LogP) is 4.63. The molecule has 1 aliphatic rings. The number of carbonyl (C=O) groups is 2. The van der Waals surface area contributed by atoms with E-state index in [0.717, 1.165) is 17.7 Å². The maximum absolute atomic E-state index is 12.8. The molecular formula is C23H26N2O4S. The van der Waals surface area contributed by atoms with Crippen LogP contribution in [-0.2, 0) is 4.79 Å². The number of thioether (sulfide) groups is 1. The Kier molecular flexibility index (Phi) is 7.52. The van der Waals surface area contributed by atoms with Gasteiger partial charge < -0.3 is 9.47 Å². The van der Waals surface area contributed by atoms with Gasteiger partial charge in [-0.3, -0.25) is 14.5 Å². The highest BCUT2D eigenvalue weighted by Gasteiger charge is 2.24. The van der Waals surface area contributed by atoms with Crippen molar-refractivity contribution in [3.63, 3.8) is 0 Å². The van der Waals surface area contributed by atoms with Crippen LogP contribution < -0.4 is 9.47 Å². The fourth-order valence-corrected chi connectivity index (χ4v) is 4.01. The summed E-state index contributed by atoms with van der Waals surface area (Å²) in [5, 5.41) is 0.655. The topological polar surface area (TPSA) is 68.2 Å². The summed E-state index contributed by atoms with van der Waals surface area (Å²) >= 11 is 1.56. The van der Waals surface area contributed by atoms with Crippen LogP contribution in [0, 0.1) is 6.92 Å². The summed E-state index contributed by atoms with van der Waals surface area (Å²) in [4.78, 5) is 30.9. The van der Waals surface area contributed by atoms with Crippen molar-refractivity contribution in [3.8, 4) is 11.5 Å². The van der Waals surface area contributed by atoms with Crippen LogP contribution in [0.5, 0.6) is 11.5 Å². The van der Waals surface area contributed by atoms with Gasteiger partial charge in [-0.15, -0.1) is 0 Å². The van der Waals surface area contributed by atoms with Crippen LogP contribution >= 0.6 is 11.8 Å². The molecule has 0 radical (unpaired) electrons. The molecule has 0 aromatic heterocycles. The highest BCUT2D eigenvalue weighted by molar-refractivity contribution is 8.13. The van der Waals surface area contributed by atoms with E-state index in [9.17, 15) is 9.59 Å². The predicted molar refractivity (Wildman–Crippen MR) is 120 cm³/mol. The van der Waals surface area contributed by atoms with Crippen molar-refractivity contribution in [2.45, 2.75) is 26.7 Å². The summed E-state index contributed by atoms with van der Waals surface area (Å²) in [6, 6.07) is 12.7. The molecule has 0 saturated carbocycles. The second-order valence-corrected chi connectivity index (χ2v) is 7.97. The maximum Gasteiger partial charge on any atom is 0.266 e. The number of ketones is 1. The highest BCUT2D eigenvalue weighted by atomic mass is 32.2. The zero-order valence-corrected chi connectivity index (χ0v) is 18.3. The molecule has 1 aliphatic heterocycles. The Morgan fingerprint density at radius 2 is 1.93 bits per heavy atom. The molecule has 0 aliphatic carbocycles. The number of ether oxygens (including phenoxy) is 2. The van der Waals surface area contributed by atoms with Crippen LogP contribution in [0.4, 0.5) is 5.69 Å². The Hall–Kier alpha value is -2.80. The van der Waals surface area contributed by atoms with Gasteiger partial charge in [-0.1, -0.05) is 24.8 Å². The molecule has 2 aromatic carbocycles. The minimum Gasteiger partial charge on any atom is -0.494 e. The van der Waals surface area contributed by atoms with Crippen LogP contribution in [-0.4, -0.2) is 47.8 Å². The molecule has 0 spiro atoms. The molecule has 1 saturated heterocycles. The molecular weight excluding hydrogens is 400 g/mol. The largest absolute Gasteiger partial charge is 0.494 e. The lowest BCUT2D eigenvalue weighted by molar-refractivity contribution is -0.129. The van der Waals surface area contributed by atoms with Crippen molar-refractivity contribution in [3.05, 3.63) is 53.6 Å². The van der Waals surface area contributed by atoms with Crippen LogP contribution in [0.1, 0.15) is 35.7 Å². The fraction of sp³-hybridized carbons (Fsp3) is 0.348. The van der Waals surface area contributed by atoms with Gasteiger partial charge in [-0.2, -0.15) is 0 Å². The molecule has 0 atom stereocenters. The van der Waals surface area contributed by atoms with Crippen molar-refractivity contribution in [1.29, 1.82) is 0 Å². The number of aliphatic imine (C=N–C) groups is 1. The molecule has 1 heterocycles. The molecule has 30 heavy (non-hydrogen) atoms. The van der Waals surface area contributed by atoms with Crippen molar-refractivity contribution in [2.24, 2.45) is 4.99 Å². The van der Waals surface area contributed by atoms with Gasteiger partial charge in [0.1, 0.15) is 17.2 Å². The van der Waals surface area contributed by atoms with E-state index >= 15 is 0 Å². The molecule has 1 fully saturated rings. The molecule has 1 amide bonds. The van der Waals surface area contributed by atoms with Gasteiger partial charge in [-0.05, 0) is 55.3 Å². The molecule has 158 valence electrons. The maximum atomic E-state index is 12.8. The zero-order chi connectivity index (χ0) is 21.5. The lowest BCUT2D eigenvalue weighted by atomic mass is 10.1. The fourth-order valence-electron chi connectivity index (χ4n) is 3.04. The zero-order valence-electron chi connectivity index (χ0n) is 17.5. The summed E-state index contributed by atoms with van der Waals surface area (Å²) in [6.45, 7) is 4.33. The number of nitrogens with zero attached hydrogens (tertiary/aromatic N) is 2. The van der Waals surface area contributed by atoms with Gasteiger partial charge in [0, 0.05) is 24.3 Å². The Balaban J connectivity index is 1.71. The second kappa shape index (κ2) is 10.3. The first-order chi connectivity index (χ1) is 14.5. The third-order valence-electron chi connectivity index (χ3n) is 4.70. The molecule has 0 unspecified atom stereocenters. The highest BCUT2D eigenvalue weighted by Crippen LogP contribution is 2.31. The Morgan fingerprint density at radius 1 is 1.17 bits per heavy atom. The average molecular weight is 427 g/mol. The lowest BCUT2D eigenvalue weighted by Gasteiger charge is -2.27. The normalized spacial score (nSPS) is 15.2. The molecule has 6 nitrogen and oxygen atoms in total. The van der Waals surface area contributed by atoms with E-state index in [1.807, 2.05) is 32.0 Å². The number of methoxy groups -OCH3 is 1. The molecule has 0 N–H and O–H groups in total. The van der Waals surface area contributed by atoms with Gasteiger partial charge >= 0.3 is 0 Å². The van der Waals surface area contributed by atoms with E-state index < -0.39 is 0 Å². The van der Waals surface area contributed by atoms with Crippen molar-refractivity contribution in [1.82, 2.24) is 4.90 Å². The molecule has 2 aromatic rings. The van der Waals surface area contributed by atoms with E-state index in [2.05, 4.69) is 0 Å². The summed E-state index contributed by atoms with van der Waals surface area (Å²) in [5.41, 5.74) is 2.42. The molecule has 0 bridgehead atoms. The Bertz CT molecular complexity index is 941. The molecule has 7 heteroatoms. The lowest BCUT2D eigenvalue weighted by Crippen LogP contribution is -2.41. The minimum atomic E-state index is -0.152. The first-order valence-electron chi connectivity index (χ1n) is 9.94. The summed E-state index contributed by atoms with van der Waals surface area (Å²) in [7, 11) is 1.61. The Morgan fingerprint density at radius 3 is 2.63 bits per heavy atom. The number of hydrogen-bond donors (Lipinski definition) is 0. The first-order valence-corrected chi connectivity index (χ1v) is 10.9. The summed E-state index contributed by atoms with van der Waals surface area (Å²) in [5.74, 6) is 2.06. The SMILES string of the molecule is CCC(=O)c1ccc(OCC(=O)N2CCCSC2=Nc2cc(C)ccc2OC)cc1. The van der Waals surface area contributed by atoms with Crippen LogP contribution in [0.15, 0.2) is 47.5 Å². The second-order valence-electron chi connectivity index (χ2n) is 6.91. The van der Waals surface area contributed by atoms with Gasteiger partial charge in [0.15, 0.2) is 17.6 Å². The summed E-state index contributed by atoms with van der Waals surface area (Å²) < 4.78 is 11.1. The third kappa shape index (κ3) is 5.42. The van der Waals surface area contributed by atoms with Gasteiger partial charge in [0.2, 0.25) is 0 Å². The average Bonchev–Trinajstić information content (AvgIpc) is 2.78. The van der Waals surface area contributed by atoms with Crippen LogP contribution in [0.25, 0.3) is 0 Å². The number of rotatable bonds is 7. The van der Waals surface area contributed by atoms with Crippen LogP contribution in [0.2, 0.25) is 0 Å². The number of amides is 1. The van der Waals surface area contributed by atoms with Gasteiger partial charge in [-0.25, -0.2) is 4.99 Å². The van der Waals surface area contributed by atoms with E-state index in [4.69, 9.17) is 14.5 Å². The van der Waals surface area contributed by atoms with Gasteiger partial charge in [0.25, 0.3) is 5.91 Å². The number of amidine groups is 1. The molecule has 3 rings (SSSR count). The quantitative estimate of drug-likeness (QED) is 0.604. The van der Waals surface area contributed by atoms with Crippen molar-refractivity contribution >= 4 is 34.3 Å². The Labute approximate surface area is 181 Å². The third-order valence-corrected chi connectivity index (χ3v) is 5.76.